The van der Waals surface area contributed by atoms with Crippen LogP contribution in [0.4, 0.5) is 10.1 Å². The van der Waals surface area contributed by atoms with E-state index in [1.54, 1.807) is 18.2 Å². The monoisotopic (exact) mass is 180 g/mol. The molecular weight excluding hydrogens is 167 g/mol. The molecule has 0 aliphatic rings. The largest absolute Gasteiger partial charge is 0.398 e. The molecule has 0 spiro atoms. The van der Waals surface area contributed by atoms with Gasteiger partial charge in [0, 0.05) is 17.8 Å². The Morgan fingerprint density at radius 2 is 2.15 bits per heavy atom. The minimum absolute atomic E-state index is 0.312. The molecule has 1 aromatic carbocycles. The molecule has 0 bridgehead atoms. The molecule has 1 rings (SSSR count). The van der Waals surface area contributed by atoms with E-state index in [-0.39, 0.29) is 5.82 Å². The molecule has 70 valence electrons. The van der Waals surface area contributed by atoms with Gasteiger partial charge in [-0.2, -0.15) is 0 Å². The fourth-order valence-corrected chi connectivity index (χ4v) is 1.04. The number of halogens is 1. The first-order valence-electron chi connectivity index (χ1n) is 4.07. The molecular formula is C10H13FN2. The van der Waals surface area contributed by atoms with Crippen LogP contribution in [0.2, 0.25) is 0 Å². The predicted molar refractivity (Wildman–Crippen MR) is 53.6 cm³/mol. The predicted octanol–water partition coefficient (Wildman–Crippen LogP) is 1.69. The summed E-state index contributed by atoms with van der Waals surface area (Å²) in [6.07, 6.45) is 3.36. The van der Waals surface area contributed by atoms with Crippen molar-refractivity contribution in [2.45, 2.75) is 6.92 Å². The molecule has 1 aromatic rings. The summed E-state index contributed by atoms with van der Waals surface area (Å²) in [5.74, 6) is -0.312. The third-order valence-corrected chi connectivity index (χ3v) is 1.82. The number of hydrogen-bond donors (Lipinski definition) is 2. The molecule has 2 nitrogen and oxygen atoms in total. The van der Waals surface area contributed by atoms with Gasteiger partial charge in [-0.1, -0.05) is 12.2 Å². The average Bonchev–Trinajstić information content (AvgIpc) is 2.09. The number of aryl methyl sites for hydroxylation is 1. The van der Waals surface area contributed by atoms with Crippen molar-refractivity contribution in [3.8, 4) is 0 Å². The van der Waals surface area contributed by atoms with Gasteiger partial charge in [0.1, 0.15) is 5.82 Å². The van der Waals surface area contributed by atoms with Gasteiger partial charge in [0.25, 0.3) is 0 Å². The Hall–Kier alpha value is -1.35. The van der Waals surface area contributed by atoms with Crippen LogP contribution in [0.3, 0.4) is 0 Å². The fraction of sp³-hybridized carbons (Fsp3) is 0.200. The average molecular weight is 180 g/mol. The summed E-state index contributed by atoms with van der Waals surface area (Å²) in [5, 5.41) is 0. The highest BCUT2D eigenvalue weighted by Crippen LogP contribution is 2.17. The Morgan fingerprint density at radius 3 is 2.77 bits per heavy atom. The van der Waals surface area contributed by atoms with E-state index in [1.807, 2.05) is 6.92 Å². The molecule has 4 N–H and O–H groups in total. The van der Waals surface area contributed by atoms with Crippen molar-refractivity contribution in [1.82, 2.24) is 0 Å². The maximum Gasteiger partial charge on any atom is 0.132 e. The normalized spacial score (nSPS) is 11.0. The molecule has 0 aromatic heterocycles. The highest BCUT2D eigenvalue weighted by Gasteiger charge is 2.01. The van der Waals surface area contributed by atoms with Gasteiger partial charge in [-0.25, -0.2) is 4.39 Å². The van der Waals surface area contributed by atoms with Crippen molar-refractivity contribution in [2.75, 3.05) is 12.3 Å². The Balaban J connectivity index is 3.08. The molecule has 0 heterocycles. The van der Waals surface area contributed by atoms with Crippen LogP contribution in [0.1, 0.15) is 11.1 Å². The van der Waals surface area contributed by atoms with Crippen molar-refractivity contribution in [3.63, 3.8) is 0 Å². The van der Waals surface area contributed by atoms with Crippen molar-refractivity contribution >= 4 is 11.8 Å². The van der Waals surface area contributed by atoms with E-state index in [1.165, 1.54) is 6.07 Å². The second-order valence-electron chi connectivity index (χ2n) is 2.87. The maximum absolute atomic E-state index is 13.2. The van der Waals surface area contributed by atoms with Crippen LogP contribution in [0.5, 0.6) is 0 Å². The third kappa shape index (κ3) is 2.29. The van der Waals surface area contributed by atoms with Gasteiger partial charge in [-0.15, -0.1) is 0 Å². The molecule has 0 radical (unpaired) electrons. The number of rotatable bonds is 2. The smallest absolute Gasteiger partial charge is 0.132 e. The minimum atomic E-state index is -0.312. The van der Waals surface area contributed by atoms with Crippen LogP contribution in [0.15, 0.2) is 18.2 Å². The molecule has 0 aliphatic carbocycles. The summed E-state index contributed by atoms with van der Waals surface area (Å²) < 4.78 is 13.2. The number of anilines is 1. The Bertz CT molecular complexity index is 332. The zero-order valence-electron chi connectivity index (χ0n) is 7.55. The second kappa shape index (κ2) is 4.05. The number of nitrogen functional groups attached to an aromatic ring is 1. The fourth-order valence-electron chi connectivity index (χ4n) is 1.04. The lowest BCUT2D eigenvalue weighted by molar-refractivity contribution is 0.625. The van der Waals surface area contributed by atoms with Gasteiger partial charge < -0.3 is 11.5 Å². The summed E-state index contributed by atoms with van der Waals surface area (Å²) in [7, 11) is 0. The van der Waals surface area contributed by atoms with E-state index in [4.69, 9.17) is 11.5 Å². The maximum atomic E-state index is 13.2. The van der Waals surface area contributed by atoms with Gasteiger partial charge >= 0.3 is 0 Å². The SMILES string of the molecule is Cc1cc(C=CCN)c(F)cc1N. The summed E-state index contributed by atoms with van der Waals surface area (Å²) in [4.78, 5) is 0. The second-order valence-corrected chi connectivity index (χ2v) is 2.87. The van der Waals surface area contributed by atoms with E-state index in [9.17, 15) is 4.39 Å². The van der Waals surface area contributed by atoms with Crippen molar-refractivity contribution in [1.29, 1.82) is 0 Å². The van der Waals surface area contributed by atoms with Gasteiger partial charge in [-0.05, 0) is 24.6 Å². The van der Waals surface area contributed by atoms with Crippen LogP contribution in [-0.2, 0) is 0 Å². The standard InChI is InChI=1S/C10H13FN2/c1-7-5-8(3-2-4-12)9(11)6-10(7)13/h2-3,5-6H,4,12-13H2,1H3. The lowest BCUT2D eigenvalue weighted by Crippen LogP contribution is -1.95. The molecule has 0 amide bonds. The third-order valence-electron chi connectivity index (χ3n) is 1.82. The first kappa shape index (κ1) is 9.74. The number of benzene rings is 1. The van der Waals surface area contributed by atoms with E-state index in [0.29, 0.717) is 17.8 Å². The number of hydrogen-bond acceptors (Lipinski definition) is 2. The minimum Gasteiger partial charge on any atom is -0.398 e. The van der Waals surface area contributed by atoms with Crippen LogP contribution < -0.4 is 11.5 Å². The quantitative estimate of drug-likeness (QED) is 0.680. The van der Waals surface area contributed by atoms with E-state index in [0.717, 1.165) is 5.56 Å². The Morgan fingerprint density at radius 1 is 1.46 bits per heavy atom. The lowest BCUT2D eigenvalue weighted by Gasteiger charge is -2.02. The molecule has 0 saturated carbocycles. The number of nitrogens with two attached hydrogens (primary N) is 2. The summed E-state index contributed by atoms with van der Waals surface area (Å²) >= 11 is 0. The molecule has 0 unspecified atom stereocenters. The topological polar surface area (TPSA) is 52.0 Å². The Labute approximate surface area is 77.0 Å². The van der Waals surface area contributed by atoms with Gasteiger partial charge in [-0.3, -0.25) is 0 Å². The molecule has 3 heteroatoms. The van der Waals surface area contributed by atoms with Crippen LogP contribution >= 0.6 is 0 Å². The van der Waals surface area contributed by atoms with E-state index >= 15 is 0 Å². The lowest BCUT2D eigenvalue weighted by atomic mass is 10.1. The van der Waals surface area contributed by atoms with Gasteiger partial charge in [0.2, 0.25) is 0 Å². The zero-order valence-corrected chi connectivity index (χ0v) is 7.55. The van der Waals surface area contributed by atoms with Crippen molar-refractivity contribution in [2.24, 2.45) is 5.73 Å². The molecule has 0 aliphatic heterocycles. The van der Waals surface area contributed by atoms with Gasteiger partial charge in [0.05, 0.1) is 0 Å². The molecule has 0 saturated heterocycles. The molecule has 13 heavy (non-hydrogen) atoms. The van der Waals surface area contributed by atoms with Crippen LogP contribution in [-0.4, -0.2) is 6.54 Å². The first-order chi connectivity index (χ1) is 6.15. The summed E-state index contributed by atoms with van der Waals surface area (Å²) in [5.41, 5.74) is 12.7. The highest BCUT2D eigenvalue weighted by atomic mass is 19.1. The Kier molecular flexibility index (Phi) is 3.03. The summed E-state index contributed by atoms with van der Waals surface area (Å²) in [6.45, 7) is 2.25. The zero-order chi connectivity index (χ0) is 9.84. The van der Waals surface area contributed by atoms with Crippen LogP contribution in [0.25, 0.3) is 6.08 Å². The summed E-state index contributed by atoms with van der Waals surface area (Å²) in [6, 6.07) is 3.03. The molecule has 0 fully saturated rings. The van der Waals surface area contributed by atoms with E-state index < -0.39 is 0 Å². The van der Waals surface area contributed by atoms with Crippen LogP contribution in [0, 0.1) is 12.7 Å². The van der Waals surface area contributed by atoms with Crippen molar-refractivity contribution < 1.29 is 4.39 Å². The van der Waals surface area contributed by atoms with Gasteiger partial charge in [0.15, 0.2) is 0 Å². The van der Waals surface area contributed by atoms with E-state index in [2.05, 4.69) is 0 Å². The first-order valence-corrected chi connectivity index (χ1v) is 4.07. The molecule has 0 atom stereocenters. The van der Waals surface area contributed by atoms with Crippen molar-refractivity contribution in [3.05, 3.63) is 35.2 Å². The highest BCUT2D eigenvalue weighted by molar-refractivity contribution is 5.58.